The van der Waals surface area contributed by atoms with E-state index in [1.807, 2.05) is 45.3 Å². The van der Waals surface area contributed by atoms with Crippen molar-refractivity contribution < 1.29 is 4.79 Å². The molecule has 1 atom stereocenters. The summed E-state index contributed by atoms with van der Waals surface area (Å²) in [7, 11) is 4.04. The summed E-state index contributed by atoms with van der Waals surface area (Å²) in [6.45, 7) is 2.82. The van der Waals surface area contributed by atoms with E-state index in [2.05, 4.69) is 20.6 Å². The Kier molecular flexibility index (Phi) is 4.78. The minimum atomic E-state index is -0.0660. The van der Waals surface area contributed by atoms with Gasteiger partial charge in [0.15, 0.2) is 0 Å². The van der Waals surface area contributed by atoms with Gasteiger partial charge in [-0.05, 0) is 51.6 Å². The van der Waals surface area contributed by atoms with E-state index < -0.39 is 0 Å². The normalized spacial score (nSPS) is 15.7. The number of aromatic nitrogens is 1. The standard InChI is InChI=1S/C18H23N3OS/c1-12(16-11-23-18(20-16)14-7-8-14)19-17(22)15-6-4-5-13(9-15)10-21(2)3/h4-6,9,11-12,14H,7-8,10H2,1-3H3,(H,19,22). The molecule has 1 aliphatic rings. The van der Waals surface area contributed by atoms with Crippen LogP contribution < -0.4 is 5.32 Å². The monoisotopic (exact) mass is 329 g/mol. The van der Waals surface area contributed by atoms with Gasteiger partial charge in [0, 0.05) is 23.4 Å². The highest BCUT2D eigenvalue weighted by atomic mass is 32.1. The molecule has 2 aromatic rings. The molecule has 4 nitrogen and oxygen atoms in total. The lowest BCUT2D eigenvalue weighted by molar-refractivity contribution is 0.0939. The summed E-state index contributed by atoms with van der Waals surface area (Å²) in [6, 6.07) is 7.73. The van der Waals surface area contributed by atoms with Gasteiger partial charge in [0.1, 0.15) is 0 Å². The van der Waals surface area contributed by atoms with Crippen LogP contribution in [-0.2, 0) is 6.54 Å². The van der Waals surface area contributed by atoms with Gasteiger partial charge in [0.2, 0.25) is 0 Å². The number of nitrogens with zero attached hydrogens (tertiary/aromatic N) is 2. The Morgan fingerprint density at radius 2 is 2.22 bits per heavy atom. The van der Waals surface area contributed by atoms with Crippen LogP contribution in [0.15, 0.2) is 29.6 Å². The smallest absolute Gasteiger partial charge is 0.251 e. The van der Waals surface area contributed by atoms with Crippen LogP contribution in [0.5, 0.6) is 0 Å². The van der Waals surface area contributed by atoms with Crippen molar-refractivity contribution in [2.24, 2.45) is 0 Å². The highest BCUT2D eigenvalue weighted by Crippen LogP contribution is 2.41. The minimum absolute atomic E-state index is 0.0425. The maximum Gasteiger partial charge on any atom is 0.251 e. The Bertz CT molecular complexity index is 691. The van der Waals surface area contributed by atoms with E-state index in [9.17, 15) is 4.79 Å². The zero-order valence-electron chi connectivity index (χ0n) is 13.9. The van der Waals surface area contributed by atoms with Crippen LogP contribution in [0, 0.1) is 0 Å². The zero-order chi connectivity index (χ0) is 16.4. The van der Waals surface area contributed by atoms with E-state index in [4.69, 9.17) is 0 Å². The van der Waals surface area contributed by atoms with Crippen LogP contribution in [0.3, 0.4) is 0 Å². The molecule has 1 aromatic carbocycles. The second kappa shape index (κ2) is 6.81. The number of thiazole rings is 1. The summed E-state index contributed by atoms with van der Waals surface area (Å²) >= 11 is 1.71. The molecule has 0 radical (unpaired) electrons. The topological polar surface area (TPSA) is 45.2 Å². The summed E-state index contributed by atoms with van der Waals surface area (Å²) in [5.41, 5.74) is 2.81. The summed E-state index contributed by atoms with van der Waals surface area (Å²) in [5.74, 6) is 0.624. The molecule has 23 heavy (non-hydrogen) atoms. The fraction of sp³-hybridized carbons (Fsp3) is 0.444. The van der Waals surface area contributed by atoms with Crippen molar-refractivity contribution in [2.45, 2.75) is 38.3 Å². The predicted molar refractivity (Wildman–Crippen MR) is 93.8 cm³/mol. The zero-order valence-corrected chi connectivity index (χ0v) is 14.7. The molecule has 1 fully saturated rings. The van der Waals surface area contributed by atoms with Gasteiger partial charge in [-0.15, -0.1) is 11.3 Å². The molecule has 1 amide bonds. The van der Waals surface area contributed by atoms with Gasteiger partial charge in [-0.25, -0.2) is 4.98 Å². The van der Waals surface area contributed by atoms with E-state index in [-0.39, 0.29) is 11.9 Å². The summed E-state index contributed by atoms with van der Waals surface area (Å²) < 4.78 is 0. The molecular weight excluding hydrogens is 306 g/mol. The van der Waals surface area contributed by atoms with Gasteiger partial charge in [0.25, 0.3) is 5.91 Å². The van der Waals surface area contributed by atoms with Gasteiger partial charge in [-0.1, -0.05) is 12.1 Å². The quantitative estimate of drug-likeness (QED) is 0.881. The Hall–Kier alpha value is -1.72. The largest absolute Gasteiger partial charge is 0.344 e. The average molecular weight is 329 g/mol. The lowest BCUT2D eigenvalue weighted by Gasteiger charge is -2.13. The molecule has 1 N–H and O–H groups in total. The third-order valence-corrected chi connectivity index (χ3v) is 4.97. The maximum absolute atomic E-state index is 12.5. The van der Waals surface area contributed by atoms with Gasteiger partial charge >= 0.3 is 0 Å². The van der Waals surface area contributed by atoms with E-state index in [0.29, 0.717) is 11.5 Å². The number of carbonyl (C=O) groups excluding carboxylic acids is 1. The van der Waals surface area contributed by atoms with Crippen molar-refractivity contribution in [1.29, 1.82) is 0 Å². The van der Waals surface area contributed by atoms with E-state index in [1.54, 1.807) is 11.3 Å². The van der Waals surface area contributed by atoms with Crippen molar-refractivity contribution in [3.05, 3.63) is 51.5 Å². The number of carbonyl (C=O) groups is 1. The van der Waals surface area contributed by atoms with E-state index in [1.165, 1.54) is 17.8 Å². The first-order chi connectivity index (χ1) is 11.0. The van der Waals surface area contributed by atoms with Gasteiger partial charge in [-0.2, -0.15) is 0 Å². The molecule has 122 valence electrons. The van der Waals surface area contributed by atoms with E-state index >= 15 is 0 Å². The highest BCUT2D eigenvalue weighted by molar-refractivity contribution is 7.09. The van der Waals surface area contributed by atoms with Crippen molar-refractivity contribution in [3.8, 4) is 0 Å². The molecule has 5 heteroatoms. The van der Waals surface area contributed by atoms with Crippen molar-refractivity contribution in [3.63, 3.8) is 0 Å². The van der Waals surface area contributed by atoms with Crippen LogP contribution in [0.2, 0.25) is 0 Å². The molecule has 1 aliphatic carbocycles. The Morgan fingerprint density at radius 3 is 2.91 bits per heavy atom. The first kappa shape index (κ1) is 16.1. The minimum Gasteiger partial charge on any atom is -0.344 e. The SMILES string of the molecule is CC(NC(=O)c1cccc(CN(C)C)c1)c1csc(C2CC2)n1. The molecule has 0 saturated heterocycles. The molecule has 1 unspecified atom stereocenters. The Labute approximate surface area is 141 Å². The van der Waals surface area contributed by atoms with Gasteiger partial charge in [0.05, 0.1) is 16.7 Å². The molecular formula is C18H23N3OS. The van der Waals surface area contributed by atoms with Crippen LogP contribution in [0.25, 0.3) is 0 Å². The average Bonchev–Trinajstić information content (AvgIpc) is 3.24. The number of hydrogen-bond acceptors (Lipinski definition) is 4. The van der Waals surface area contributed by atoms with Crippen LogP contribution in [0.1, 0.15) is 58.3 Å². The fourth-order valence-electron chi connectivity index (χ4n) is 2.55. The van der Waals surface area contributed by atoms with Gasteiger partial charge < -0.3 is 10.2 Å². The molecule has 0 spiro atoms. The summed E-state index contributed by atoms with van der Waals surface area (Å²) in [4.78, 5) is 19.2. The molecule has 3 rings (SSSR count). The molecule has 1 aromatic heterocycles. The Balaban J connectivity index is 1.65. The predicted octanol–water partition coefficient (Wildman–Crippen LogP) is 3.57. The number of nitrogens with one attached hydrogen (secondary N) is 1. The van der Waals surface area contributed by atoms with Crippen LogP contribution in [-0.4, -0.2) is 29.9 Å². The molecule has 0 bridgehead atoms. The number of rotatable bonds is 6. The Morgan fingerprint density at radius 1 is 1.43 bits per heavy atom. The molecule has 1 saturated carbocycles. The first-order valence-electron chi connectivity index (χ1n) is 8.03. The van der Waals surface area contributed by atoms with Crippen molar-refractivity contribution >= 4 is 17.2 Å². The molecule has 0 aliphatic heterocycles. The van der Waals surface area contributed by atoms with Crippen molar-refractivity contribution in [1.82, 2.24) is 15.2 Å². The molecule has 1 heterocycles. The second-order valence-electron chi connectivity index (χ2n) is 6.52. The third kappa shape index (κ3) is 4.18. The lowest BCUT2D eigenvalue weighted by Crippen LogP contribution is -2.27. The van der Waals surface area contributed by atoms with Crippen molar-refractivity contribution in [2.75, 3.05) is 14.1 Å². The van der Waals surface area contributed by atoms with Crippen LogP contribution >= 0.6 is 11.3 Å². The number of amides is 1. The highest BCUT2D eigenvalue weighted by Gasteiger charge is 2.27. The first-order valence-corrected chi connectivity index (χ1v) is 8.90. The van der Waals surface area contributed by atoms with Gasteiger partial charge in [-0.3, -0.25) is 4.79 Å². The lowest BCUT2D eigenvalue weighted by atomic mass is 10.1. The summed E-state index contributed by atoms with van der Waals surface area (Å²) in [6.07, 6.45) is 2.51. The maximum atomic E-state index is 12.5. The second-order valence-corrected chi connectivity index (χ2v) is 7.41. The third-order valence-electron chi connectivity index (χ3n) is 3.95. The number of hydrogen-bond donors (Lipinski definition) is 1. The number of benzene rings is 1. The fourth-order valence-corrected chi connectivity index (χ4v) is 3.63. The summed E-state index contributed by atoms with van der Waals surface area (Å²) in [5, 5.41) is 6.34. The van der Waals surface area contributed by atoms with Crippen LogP contribution in [0.4, 0.5) is 0 Å². The van der Waals surface area contributed by atoms with E-state index in [0.717, 1.165) is 17.8 Å².